The molecule has 1 saturated heterocycles. The molecule has 0 saturated carbocycles. The van der Waals surface area contributed by atoms with Crippen molar-refractivity contribution in [2.45, 2.75) is 50.6 Å². The van der Waals surface area contributed by atoms with Crippen LogP contribution in [0, 0.1) is 0 Å². The standard InChI is InChI=1S/C18H21F3N4O3/c19-18(20,21)6-12(22)8-23-7-10-1-2-13-11(5-10)9-25(17(13)28)14-3-4-15(26)24-16(14)27/h1-2,5,12,14,23H,3-4,6-9,22H2,(H,24,26,27). The van der Waals surface area contributed by atoms with E-state index in [2.05, 4.69) is 10.6 Å². The molecule has 2 heterocycles. The maximum absolute atomic E-state index is 12.6. The van der Waals surface area contributed by atoms with Gasteiger partial charge in [0.15, 0.2) is 0 Å². The average Bonchev–Trinajstić information content (AvgIpc) is 2.89. The molecule has 0 bridgehead atoms. The van der Waals surface area contributed by atoms with Crippen molar-refractivity contribution in [2.24, 2.45) is 5.73 Å². The molecule has 10 heteroatoms. The van der Waals surface area contributed by atoms with Crippen molar-refractivity contribution in [3.63, 3.8) is 0 Å². The topological polar surface area (TPSA) is 105 Å². The van der Waals surface area contributed by atoms with Crippen LogP contribution in [0.1, 0.15) is 40.7 Å². The zero-order valence-electron chi connectivity index (χ0n) is 15.0. The number of halogens is 3. The summed E-state index contributed by atoms with van der Waals surface area (Å²) in [6.45, 7) is 0.575. The summed E-state index contributed by atoms with van der Waals surface area (Å²) in [5, 5.41) is 5.13. The summed E-state index contributed by atoms with van der Waals surface area (Å²) >= 11 is 0. The minimum absolute atomic E-state index is 0.0118. The molecule has 2 atom stereocenters. The van der Waals surface area contributed by atoms with Gasteiger partial charge in [-0.1, -0.05) is 12.1 Å². The number of amides is 3. The summed E-state index contributed by atoms with van der Waals surface area (Å²) in [5.74, 6) is -1.09. The number of carbonyl (C=O) groups is 3. The van der Waals surface area contributed by atoms with Gasteiger partial charge in [0.25, 0.3) is 5.91 Å². The molecular formula is C18H21F3N4O3. The lowest BCUT2D eigenvalue weighted by Gasteiger charge is -2.29. The monoisotopic (exact) mass is 398 g/mol. The van der Waals surface area contributed by atoms with E-state index in [4.69, 9.17) is 5.73 Å². The number of carbonyl (C=O) groups excluding carboxylic acids is 3. The first-order chi connectivity index (χ1) is 13.1. The number of hydrogen-bond donors (Lipinski definition) is 3. The number of nitrogens with one attached hydrogen (secondary N) is 2. The number of rotatable bonds is 6. The first-order valence-corrected chi connectivity index (χ1v) is 8.93. The number of fused-ring (bicyclic) bond motifs is 1. The van der Waals surface area contributed by atoms with Gasteiger partial charge in [0, 0.05) is 37.7 Å². The van der Waals surface area contributed by atoms with Gasteiger partial charge in [-0.05, 0) is 23.6 Å². The van der Waals surface area contributed by atoms with Gasteiger partial charge in [-0.2, -0.15) is 13.2 Å². The molecule has 3 amide bonds. The van der Waals surface area contributed by atoms with Gasteiger partial charge in [0.05, 0.1) is 6.42 Å². The third-order valence-corrected chi connectivity index (χ3v) is 4.82. The molecule has 4 N–H and O–H groups in total. The van der Waals surface area contributed by atoms with Crippen LogP contribution in [0.25, 0.3) is 0 Å². The highest BCUT2D eigenvalue weighted by Crippen LogP contribution is 2.28. The SMILES string of the molecule is NC(CNCc1ccc2c(c1)CN(C1CCC(=O)NC1=O)C2=O)CC(F)(F)F. The molecule has 1 fully saturated rings. The molecule has 2 aliphatic heterocycles. The highest BCUT2D eigenvalue weighted by Gasteiger charge is 2.39. The van der Waals surface area contributed by atoms with Crippen molar-refractivity contribution < 1.29 is 27.6 Å². The predicted molar refractivity (Wildman–Crippen MR) is 92.8 cm³/mol. The maximum atomic E-state index is 12.6. The molecule has 7 nitrogen and oxygen atoms in total. The first-order valence-electron chi connectivity index (χ1n) is 8.93. The number of nitrogens with two attached hydrogens (primary N) is 1. The summed E-state index contributed by atoms with van der Waals surface area (Å²) in [6, 6.07) is 3.45. The van der Waals surface area contributed by atoms with E-state index in [0.717, 1.165) is 11.1 Å². The molecule has 1 aromatic carbocycles. The number of nitrogens with zero attached hydrogens (tertiary/aromatic N) is 1. The van der Waals surface area contributed by atoms with Gasteiger partial charge in [-0.3, -0.25) is 19.7 Å². The van der Waals surface area contributed by atoms with Crippen LogP contribution in [0.2, 0.25) is 0 Å². The fourth-order valence-corrected chi connectivity index (χ4v) is 3.51. The van der Waals surface area contributed by atoms with Crippen LogP contribution in [-0.2, 0) is 22.7 Å². The summed E-state index contributed by atoms with van der Waals surface area (Å²) in [7, 11) is 0. The van der Waals surface area contributed by atoms with Crippen molar-refractivity contribution >= 4 is 17.7 Å². The summed E-state index contributed by atoms with van der Waals surface area (Å²) < 4.78 is 36.9. The van der Waals surface area contributed by atoms with Crippen molar-refractivity contribution in [1.29, 1.82) is 0 Å². The molecule has 0 aromatic heterocycles. The van der Waals surface area contributed by atoms with Crippen LogP contribution in [0.5, 0.6) is 0 Å². The fourth-order valence-electron chi connectivity index (χ4n) is 3.51. The molecular weight excluding hydrogens is 377 g/mol. The van der Waals surface area contributed by atoms with E-state index in [0.29, 0.717) is 12.1 Å². The molecule has 3 rings (SSSR count). The first kappa shape index (κ1) is 20.3. The maximum Gasteiger partial charge on any atom is 0.390 e. The zero-order valence-corrected chi connectivity index (χ0v) is 15.0. The Balaban J connectivity index is 1.59. The Bertz CT molecular complexity index is 797. The molecule has 28 heavy (non-hydrogen) atoms. The number of hydrogen-bond acceptors (Lipinski definition) is 5. The zero-order chi connectivity index (χ0) is 20.5. The number of piperidine rings is 1. The summed E-state index contributed by atoms with van der Waals surface area (Å²) in [5.41, 5.74) is 7.49. The number of alkyl halides is 3. The van der Waals surface area contributed by atoms with E-state index in [1.54, 1.807) is 18.2 Å². The smallest absolute Gasteiger partial charge is 0.326 e. The van der Waals surface area contributed by atoms with Crippen molar-refractivity contribution in [2.75, 3.05) is 6.54 Å². The fraction of sp³-hybridized carbons (Fsp3) is 0.500. The van der Waals surface area contributed by atoms with Crippen LogP contribution in [0.4, 0.5) is 13.2 Å². The van der Waals surface area contributed by atoms with Gasteiger partial charge in [0.1, 0.15) is 6.04 Å². The van der Waals surface area contributed by atoms with E-state index in [-0.39, 0.29) is 37.7 Å². The third kappa shape index (κ3) is 4.68. The lowest BCUT2D eigenvalue weighted by Crippen LogP contribution is -2.52. The molecule has 0 spiro atoms. The average molecular weight is 398 g/mol. The highest BCUT2D eigenvalue weighted by molar-refractivity contribution is 6.05. The highest BCUT2D eigenvalue weighted by atomic mass is 19.4. The predicted octanol–water partition coefficient (Wildman–Crippen LogP) is 0.817. The van der Waals surface area contributed by atoms with Crippen LogP contribution in [0.3, 0.4) is 0 Å². The van der Waals surface area contributed by atoms with Gasteiger partial charge < -0.3 is 16.0 Å². The molecule has 0 radical (unpaired) electrons. The van der Waals surface area contributed by atoms with E-state index in [9.17, 15) is 27.6 Å². The normalized spacial score (nSPS) is 20.9. The van der Waals surface area contributed by atoms with Crippen molar-refractivity contribution in [3.8, 4) is 0 Å². The second kappa shape index (κ2) is 7.88. The lowest BCUT2D eigenvalue weighted by molar-refractivity contribution is -0.138. The second-order valence-corrected chi connectivity index (χ2v) is 7.10. The van der Waals surface area contributed by atoms with E-state index < -0.39 is 30.6 Å². The molecule has 0 aliphatic carbocycles. The van der Waals surface area contributed by atoms with E-state index in [1.807, 2.05) is 0 Å². The molecule has 152 valence electrons. The van der Waals surface area contributed by atoms with Gasteiger partial charge in [0.2, 0.25) is 11.8 Å². The van der Waals surface area contributed by atoms with Crippen LogP contribution in [-0.4, -0.2) is 47.4 Å². The summed E-state index contributed by atoms with van der Waals surface area (Å²) in [6.07, 6.45) is -4.88. The van der Waals surface area contributed by atoms with Crippen LogP contribution >= 0.6 is 0 Å². The summed E-state index contributed by atoms with van der Waals surface area (Å²) in [4.78, 5) is 37.4. The van der Waals surface area contributed by atoms with Crippen molar-refractivity contribution in [1.82, 2.24) is 15.5 Å². The Hall–Kier alpha value is -2.46. The minimum atomic E-state index is -4.30. The Labute approximate surface area is 159 Å². The van der Waals surface area contributed by atoms with Crippen molar-refractivity contribution in [3.05, 3.63) is 34.9 Å². The molecule has 2 aliphatic rings. The van der Waals surface area contributed by atoms with E-state index >= 15 is 0 Å². The van der Waals surface area contributed by atoms with Gasteiger partial charge in [-0.25, -0.2) is 0 Å². The third-order valence-electron chi connectivity index (χ3n) is 4.82. The lowest BCUT2D eigenvalue weighted by atomic mass is 10.0. The van der Waals surface area contributed by atoms with Crippen LogP contribution < -0.4 is 16.4 Å². The minimum Gasteiger partial charge on any atom is -0.326 e. The number of benzene rings is 1. The molecule has 1 aromatic rings. The van der Waals surface area contributed by atoms with E-state index in [1.165, 1.54) is 4.90 Å². The Kier molecular flexibility index (Phi) is 5.71. The molecule has 2 unspecified atom stereocenters. The van der Waals surface area contributed by atoms with Gasteiger partial charge in [-0.15, -0.1) is 0 Å². The Morgan fingerprint density at radius 1 is 1.29 bits per heavy atom. The van der Waals surface area contributed by atoms with Gasteiger partial charge >= 0.3 is 6.18 Å². The number of imide groups is 1. The second-order valence-electron chi connectivity index (χ2n) is 7.10. The Morgan fingerprint density at radius 3 is 2.71 bits per heavy atom. The largest absolute Gasteiger partial charge is 0.390 e. The van der Waals surface area contributed by atoms with Crippen LogP contribution in [0.15, 0.2) is 18.2 Å². The Morgan fingerprint density at radius 2 is 2.04 bits per heavy atom. The quantitative estimate of drug-likeness (QED) is 0.616.